The molecule has 1 atom stereocenters. The van der Waals surface area contributed by atoms with Gasteiger partial charge in [0.2, 0.25) is 5.89 Å². The Labute approximate surface area is 128 Å². The molecule has 0 bridgehead atoms. The number of benzene rings is 1. The molecule has 0 aliphatic rings. The van der Waals surface area contributed by atoms with Crippen LogP contribution in [0.4, 0.5) is 0 Å². The zero-order chi connectivity index (χ0) is 15.4. The van der Waals surface area contributed by atoms with Gasteiger partial charge in [-0.15, -0.1) is 0 Å². The van der Waals surface area contributed by atoms with Crippen LogP contribution in [0.15, 0.2) is 47.4 Å². The van der Waals surface area contributed by atoms with Gasteiger partial charge in [-0.1, -0.05) is 17.3 Å². The van der Waals surface area contributed by atoms with Crippen molar-refractivity contribution in [2.45, 2.75) is 19.3 Å². The molecule has 0 aliphatic heterocycles. The third kappa shape index (κ3) is 3.11. The Balaban J connectivity index is 1.73. The highest BCUT2D eigenvalue weighted by molar-refractivity contribution is 5.28. The van der Waals surface area contributed by atoms with Crippen molar-refractivity contribution in [2.24, 2.45) is 0 Å². The smallest absolute Gasteiger partial charge is 0.235 e. The number of nitrogens with zero attached hydrogens (tertiary/aromatic N) is 4. The van der Waals surface area contributed by atoms with E-state index in [1.807, 2.05) is 31.2 Å². The maximum Gasteiger partial charge on any atom is 0.235 e. The maximum atomic E-state index is 5.34. The van der Waals surface area contributed by atoms with Crippen LogP contribution in [-0.2, 0) is 6.42 Å². The highest BCUT2D eigenvalue weighted by Crippen LogP contribution is 2.20. The Morgan fingerprint density at radius 3 is 2.68 bits per heavy atom. The first kappa shape index (κ1) is 14.2. The van der Waals surface area contributed by atoms with Crippen molar-refractivity contribution in [2.75, 3.05) is 7.11 Å². The van der Waals surface area contributed by atoms with Crippen LogP contribution >= 0.6 is 0 Å². The molecule has 112 valence electrons. The molecule has 2 aromatic heterocycles. The lowest BCUT2D eigenvalue weighted by Gasteiger charge is -2.03. The zero-order valence-electron chi connectivity index (χ0n) is 12.4. The molecular weight excluding hydrogens is 280 g/mol. The molecule has 0 spiro atoms. The second-order valence-corrected chi connectivity index (χ2v) is 4.93. The molecule has 0 aliphatic carbocycles. The highest BCUT2D eigenvalue weighted by Gasteiger charge is 2.17. The summed E-state index contributed by atoms with van der Waals surface area (Å²) in [6.07, 6.45) is 5.61. The summed E-state index contributed by atoms with van der Waals surface area (Å²) in [5.41, 5.74) is 1.91. The molecule has 0 saturated heterocycles. The Morgan fingerprint density at radius 1 is 1.18 bits per heavy atom. The van der Waals surface area contributed by atoms with Crippen LogP contribution in [0, 0.1) is 0 Å². The van der Waals surface area contributed by atoms with Crippen LogP contribution in [0.1, 0.15) is 35.8 Å². The quantitative estimate of drug-likeness (QED) is 0.720. The standard InChI is InChI=1S/C16H16N4O2/c1-11(14-10-17-7-8-18-14)16-19-15(20-22-16)9-12-3-5-13(21-2)6-4-12/h3-8,10-11H,9H2,1-2H3. The van der Waals surface area contributed by atoms with Crippen molar-refractivity contribution >= 4 is 0 Å². The molecule has 6 nitrogen and oxygen atoms in total. The number of hydrogen-bond acceptors (Lipinski definition) is 6. The minimum absolute atomic E-state index is 0.0779. The number of aromatic nitrogens is 4. The SMILES string of the molecule is COc1ccc(Cc2noc(C(C)c3cnccn3)n2)cc1. The Kier molecular flexibility index (Phi) is 4.09. The van der Waals surface area contributed by atoms with E-state index in [4.69, 9.17) is 9.26 Å². The van der Waals surface area contributed by atoms with Crippen LogP contribution < -0.4 is 4.74 Å². The first-order chi connectivity index (χ1) is 10.8. The lowest BCUT2D eigenvalue weighted by atomic mass is 10.1. The molecule has 22 heavy (non-hydrogen) atoms. The molecule has 1 unspecified atom stereocenters. The molecule has 0 N–H and O–H groups in total. The summed E-state index contributed by atoms with van der Waals surface area (Å²) >= 11 is 0. The molecule has 0 fully saturated rings. The lowest BCUT2D eigenvalue weighted by molar-refractivity contribution is 0.364. The van der Waals surface area contributed by atoms with Gasteiger partial charge in [0.1, 0.15) is 5.75 Å². The fourth-order valence-electron chi connectivity index (χ4n) is 2.10. The van der Waals surface area contributed by atoms with E-state index >= 15 is 0 Å². The summed E-state index contributed by atoms with van der Waals surface area (Å²) in [5.74, 6) is 1.94. The molecule has 0 saturated carbocycles. The average molecular weight is 296 g/mol. The summed E-state index contributed by atoms with van der Waals surface area (Å²) in [6.45, 7) is 1.97. The van der Waals surface area contributed by atoms with Gasteiger partial charge in [0.25, 0.3) is 0 Å². The minimum Gasteiger partial charge on any atom is -0.497 e. The predicted molar refractivity (Wildman–Crippen MR) is 79.6 cm³/mol. The number of methoxy groups -OCH3 is 1. The van der Waals surface area contributed by atoms with Gasteiger partial charge in [0, 0.05) is 25.0 Å². The summed E-state index contributed by atoms with van der Waals surface area (Å²) in [4.78, 5) is 12.8. The van der Waals surface area contributed by atoms with Gasteiger partial charge in [0.05, 0.1) is 18.7 Å². The monoisotopic (exact) mass is 296 g/mol. The fourth-order valence-corrected chi connectivity index (χ4v) is 2.10. The summed E-state index contributed by atoms with van der Waals surface area (Å²) in [6, 6.07) is 7.80. The van der Waals surface area contributed by atoms with Gasteiger partial charge >= 0.3 is 0 Å². The second-order valence-electron chi connectivity index (χ2n) is 4.93. The van der Waals surface area contributed by atoms with Gasteiger partial charge < -0.3 is 9.26 Å². The van der Waals surface area contributed by atoms with Gasteiger partial charge in [-0.05, 0) is 24.6 Å². The van der Waals surface area contributed by atoms with E-state index in [9.17, 15) is 0 Å². The Bertz CT molecular complexity index is 725. The number of ether oxygens (including phenoxy) is 1. The van der Waals surface area contributed by atoms with Gasteiger partial charge in [0.15, 0.2) is 5.82 Å². The van der Waals surface area contributed by atoms with Crippen LogP contribution in [0.5, 0.6) is 5.75 Å². The Morgan fingerprint density at radius 2 is 2.00 bits per heavy atom. The van der Waals surface area contributed by atoms with Crippen molar-refractivity contribution < 1.29 is 9.26 Å². The van der Waals surface area contributed by atoms with Crippen LogP contribution in [0.3, 0.4) is 0 Å². The fraction of sp³-hybridized carbons (Fsp3) is 0.250. The number of rotatable bonds is 5. The molecular formula is C16H16N4O2. The normalized spacial score (nSPS) is 12.1. The zero-order valence-corrected chi connectivity index (χ0v) is 12.4. The van der Waals surface area contributed by atoms with E-state index in [0.29, 0.717) is 18.1 Å². The van der Waals surface area contributed by atoms with E-state index in [0.717, 1.165) is 17.0 Å². The van der Waals surface area contributed by atoms with Crippen LogP contribution in [0.25, 0.3) is 0 Å². The van der Waals surface area contributed by atoms with Gasteiger partial charge in [-0.25, -0.2) is 0 Å². The van der Waals surface area contributed by atoms with E-state index < -0.39 is 0 Å². The van der Waals surface area contributed by atoms with E-state index in [1.54, 1.807) is 25.7 Å². The second kappa shape index (κ2) is 6.34. The van der Waals surface area contributed by atoms with Gasteiger partial charge in [-0.3, -0.25) is 9.97 Å². The van der Waals surface area contributed by atoms with Gasteiger partial charge in [-0.2, -0.15) is 4.98 Å². The summed E-state index contributed by atoms with van der Waals surface area (Å²) < 4.78 is 10.5. The van der Waals surface area contributed by atoms with E-state index in [-0.39, 0.29) is 5.92 Å². The summed E-state index contributed by atoms with van der Waals surface area (Å²) in [5, 5.41) is 4.04. The van der Waals surface area contributed by atoms with Crippen LogP contribution in [-0.4, -0.2) is 27.2 Å². The van der Waals surface area contributed by atoms with E-state index in [2.05, 4.69) is 20.1 Å². The van der Waals surface area contributed by atoms with Crippen molar-refractivity contribution in [1.82, 2.24) is 20.1 Å². The average Bonchev–Trinajstić information content (AvgIpc) is 3.04. The minimum atomic E-state index is -0.0779. The first-order valence-electron chi connectivity index (χ1n) is 6.97. The number of hydrogen-bond donors (Lipinski definition) is 0. The molecule has 3 aromatic rings. The molecule has 3 rings (SSSR count). The summed E-state index contributed by atoms with van der Waals surface area (Å²) in [7, 11) is 1.65. The third-order valence-corrected chi connectivity index (χ3v) is 3.40. The Hall–Kier alpha value is -2.76. The first-order valence-corrected chi connectivity index (χ1v) is 6.97. The van der Waals surface area contributed by atoms with Crippen molar-refractivity contribution in [1.29, 1.82) is 0 Å². The molecule has 0 radical (unpaired) electrons. The molecule has 6 heteroatoms. The largest absolute Gasteiger partial charge is 0.497 e. The van der Waals surface area contributed by atoms with Crippen molar-refractivity contribution in [3.63, 3.8) is 0 Å². The maximum absolute atomic E-state index is 5.34. The van der Waals surface area contributed by atoms with E-state index in [1.165, 1.54) is 0 Å². The molecule has 1 aromatic carbocycles. The molecule has 0 amide bonds. The molecule has 2 heterocycles. The topological polar surface area (TPSA) is 73.9 Å². The third-order valence-electron chi connectivity index (χ3n) is 3.40. The van der Waals surface area contributed by atoms with Crippen molar-refractivity contribution in [3.05, 3.63) is 65.8 Å². The predicted octanol–water partition coefficient (Wildman–Crippen LogP) is 2.61. The lowest BCUT2D eigenvalue weighted by Crippen LogP contribution is -2.00. The van der Waals surface area contributed by atoms with Crippen molar-refractivity contribution in [3.8, 4) is 5.75 Å². The highest BCUT2D eigenvalue weighted by atomic mass is 16.5. The van der Waals surface area contributed by atoms with Crippen LogP contribution in [0.2, 0.25) is 0 Å².